The van der Waals surface area contributed by atoms with Crippen LogP contribution in [0.1, 0.15) is 0 Å². The lowest BCUT2D eigenvalue weighted by Crippen LogP contribution is -1.98. The van der Waals surface area contributed by atoms with Crippen LogP contribution in [-0.2, 0) is 0 Å². The van der Waals surface area contributed by atoms with E-state index >= 15 is 0 Å². The largest absolute Gasteiger partial charge is 0.522 e. The van der Waals surface area contributed by atoms with E-state index in [-0.39, 0.29) is 18.2 Å². The molecule has 2 rings (SSSR count). The molecule has 0 spiro atoms. The maximum atomic E-state index is 3.59. The second-order valence-electron chi connectivity index (χ2n) is 2.50. The number of rotatable bonds is 2. The van der Waals surface area contributed by atoms with E-state index < -0.39 is 0 Å². The van der Waals surface area contributed by atoms with Gasteiger partial charge in [0.15, 0.2) is 0 Å². The van der Waals surface area contributed by atoms with Crippen LogP contribution in [0, 0.1) is 0 Å². The average molecular weight is 348 g/mol. The van der Waals surface area contributed by atoms with Crippen molar-refractivity contribution in [2.45, 2.75) is 0 Å². The second kappa shape index (κ2) is 4.77. The van der Waals surface area contributed by atoms with Gasteiger partial charge in [0.25, 0.3) is 0 Å². The van der Waals surface area contributed by atoms with Gasteiger partial charge in [0.1, 0.15) is 0 Å². The van der Waals surface area contributed by atoms with E-state index in [0.717, 1.165) is 0 Å². The zero-order chi connectivity index (χ0) is 9.26. The Kier molecular flexibility index (Phi) is 3.90. The second-order valence-corrected chi connectivity index (χ2v) is 9.36. The summed E-state index contributed by atoms with van der Waals surface area (Å²) in [6.45, 7) is 0. The molecule has 2 aromatic rings. The fourth-order valence-electron chi connectivity index (χ4n) is 1.03. The Labute approximate surface area is 109 Å². The third-order valence-electron chi connectivity index (χ3n) is 1.61. The van der Waals surface area contributed by atoms with Crippen LogP contribution in [0.15, 0.2) is 28.1 Å². The van der Waals surface area contributed by atoms with Gasteiger partial charge in [0.05, 0.1) is 3.79 Å². The lowest BCUT2D eigenvalue weighted by atomic mass is 10.4. The van der Waals surface area contributed by atoms with E-state index in [4.69, 9.17) is 0 Å². The van der Waals surface area contributed by atoms with E-state index in [1.165, 1.54) is 16.5 Å². The van der Waals surface area contributed by atoms with Crippen LogP contribution >= 0.6 is 51.5 Å². The molecular formula is C8H4Br2MgS2. The molecule has 0 saturated heterocycles. The van der Waals surface area contributed by atoms with E-state index in [9.17, 15) is 0 Å². The lowest BCUT2D eigenvalue weighted by Gasteiger charge is -1.87. The molecule has 0 atom stereocenters. The highest BCUT2D eigenvalue weighted by atomic mass is 79.9. The topological polar surface area (TPSA) is 0 Å². The van der Waals surface area contributed by atoms with Crippen molar-refractivity contribution in [2.75, 3.05) is 0 Å². The van der Waals surface area contributed by atoms with Crippen molar-refractivity contribution in [2.24, 2.45) is 0 Å². The number of halogens is 2. The molecule has 0 bridgehead atoms. The lowest BCUT2D eigenvalue weighted by molar-refractivity contribution is 1.92. The molecule has 0 fully saturated rings. The quantitative estimate of drug-likeness (QED) is 0.723. The molecule has 0 aliphatic rings. The predicted molar refractivity (Wildman–Crippen MR) is 69.6 cm³/mol. The number of hydrogen-bond donors (Lipinski definition) is 0. The summed E-state index contributed by atoms with van der Waals surface area (Å²) in [6, 6.07) is 8.71. The van der Waals surface area contributed by atoms with Gasteiger partial charge in [-0.15, -0.1) is 14.3 Å². The normalized spacial score (nSPS) is 10.0. The molecule has 13 heavy (non-hydrogen) atoms. The third-order valence-corrected chi connectivity index (χ3v) is 8.66. The van der Waals surface area contributed by atoms with Crippen LogP contribution in [0.25, 0.3) is 9.75 Å². The summed E-state index contributed by atoms with van der Waals surface area (Å²) in [5.74, 6) is 0. The fraction of sp³-hybridized carbons (Fsp3) is 0. The van der Waals surface area contributed by atoms with Crippen molar-refractivity contribution in [3.8, 4) is 9.75 Å². The van der Waals surface area contributed by atoms with Crippen LogP contribution < -0.4 is 3.01 Å². The van der Waals surface area contributed by atoms with Gasteiger partial charge in [-0.2, -0.15) is 11.3 Å². The van der Waals surface area contributed by atoms with Crippen molar-refractivity contribution in [1.29, 1.82) is 0 Å². The van der Waals surface area contributed by atoms with Crippen molar-refractivity contribution >= 4 is 72.7 Å². The monoisotopic (exact) mass is 346 g/mol. The maximum Gasteiger partial charge on any atom is 0.522 e. The number of thiophene rings is 2. The average Bonchev–Trinajstić information content (AvgIpc) is 2.71. The molecule has 5 heteroatoms. The highest BCUT2D eigenvalue weighted by Gasteiger charge is 2.05. The molecule has 0 radical (unpaired) electrons. The summed E-state index contributed by atoms with van der Waals surface area (Å²) in [6.07, 6.45) is 0. The van der Waals surface area contributed by atoms with Crippen molar-refractivity contribution in [3.63, 3.8) is 0 Å². The maximum absolute atomic E-state index is 3.59. The summed E-state index contributed by atoms with van der Waals surface area (Å²) in [5, 5.41) is 0. The van der Waals surface area contributed by atoms with Crippen LogP contribution in [0.5, 0.6) is 0 Å². The van der Waals surface area contributed by atoms with E-state index in [2.05, 4.69) is 53.1 Å². The zero-order valence-corrected chi connectivity index (χ0v) is 12.8. The summed E-state index contributed by atoms with van der Waals surface area (Å²) < 4.78 is 2.72. The first-order valence-corrected chi connectivity index (χ1v) is 10.7. The molecule has 2 heterocycles. The van der Waals surface area contributed by atoms with Gasteiger partial charge in [-0.25, -0.2) is 0 Å². The minimum absolute atomic E-state index is 0.162. The van der Waals surface area contributed by atoms with Gasteiger partial charge in [-0.3, -0.25) is 12.9 Å². The predicted octanol–water partition coefficient (Wildman–Crippen LogP) is 3.88. The molecule has 0 nitrogen and oxygen atoms in total. The summed E-state index contributed by atoms with van der Waals surface area (Å²) in [4.78, 5) is 2.75. The first-order chi connectivity index (χ1) is 6.29. The molecule has 0 aliphatic carbocycles. The number of hydrogen-bond acceptors (Lipinski definition) is 2. The Morgan fingerprint density at radius 1 is 1.00 bits per heavy atom. The first kappa shape index (κ1) is 10.6. The minimum atomic E-state index is -0.162. The molecule has 2 aromatic heterocycles. The van der Waals surface area contributed by atoms with Gasteiger partial charge in [0.2, 0.25) is 0 Å². The van der Waals surface area contributed by atoms with Crippen molar-refractivity contribution in [3.05, 3.63) is 28.1 Å². The fourth-order valence-corrected chi connectivity index (χ4v) is 5.79. The highest BCUT2D eigenvalue weighted by molar-refractivity contribution is 9.23. The Morgan fingerprint density at radius 2 is 1.69 bits per heavy atom. The van der Waals surface area contributed by atoms with Crippen LogP contribution in [0.3, 0.4) is 0 Å². The molecule has 0 saturated carbocycles. The van der Waals surface area contributed by atoms with Gasteiger partial charge < -0.3 is 0 Å². The first-order valence-electron chi connectivity index (χ1n) is 3.70. The van der Waals surface area contributed by atoms with Crippen LogP contribution in [0.4, 0.5) is 0 Å². The van der Waals surface area contributed by atoms with E-state index in [1.54, 1.807) is 11.3 Å². The van der Waals surface area contributed by atoms with E-state index in [0.29, 0.717) is 0 Å². The highest BCUT2D eigenvalue weighted by Crippen LogP contribution is 2.33. The van der Waals surface area contributed by atoms with Gasteiger partial charge in [0, 0.05) is 9.75 Å². The van der Waals surface area contributed by atoms with Crippen molar-refractivity contribution < 1.29 is 0 Å². The van der Waals surface area contributed by atoms with Gasteiger partial charge >= 0.3 is 18.2 Å². The Morgan fingerprint density at radius 3 is 2.23 bits per heavy atom. The van der Waals surface area contributed by atoms with Gasteiger partial charge in [-0.05, 0) is 34.1 Å². The molecule has 0 N–H and O–H groups in total. The Balaban J connectivity index is 2.35. The molecular weight excluding hydrogens is 344 g/mol. The zero-order valence-electron chi connectivity index (χ0n) is 6.59. The smallest absolute Gasteiger partial charge is 0.295 e. The van der Waals surface area contributed by atoms with E-state index in [1.807, 2.05) is 11.3 Å². The molecule has 0 aromatic carbocycles. The molecule has 0 amide bonds. The summed E-state index contributed by atoms with van der Waals surface area (Å²) >= 11 is 10.6. The summed E-state index contributed by atoms with van der Waals surface area (Å²) in [7, 11) is 0. The minimum Gasteiger partial charge on any atom is -0.295 e. The Hall–Kier alpha value is 1.13. The molecule has 0 unspecified atom stereocenters. The third kappa shape index (κ3) is 2.57. The van der Waals surface area contributed by atoms with Gasteiger partial charge in [-0.1, -0.05) is 6.07 Å². The molecule has 0 aliphatic heterocycles. The SMILES string of the molecule is [Br][Mg][c]1ccc(-c2ccc(Br)s2)s1. The molecule has 64 valence electrons. The van der Waals surface area contributed by atoms with Crippen molar-refractivity contribution in [1.82, 2.24) is 0 Å². The van der Waals surface area contributed by atoms with Crippen LogP contribution in [0.2, 0.25) is 0 Å². The summed E-state index contributed by atoms with van der Waals surface area (Å²) in [5.41, 5.74) is 0. The Bertz CT molecular complexity index is 408. The van der Waals surface area contributed by atoms with Crippen LogP contribution in [-0.4, -0.2) is 18.2 Å². The standard InChI is InChI=1S/C8H4BrS2.BrH.Mg/c9-8-4-3-7(11-8)6-2-1-5-10-6;;/h1-4H;1H;/q;;+1/p-1.